The maximum Gasteiger partial charge on any atom is 0.305 e. The zero-order chi connectivity index (χ0) is 30.3. The maximum absolute atomic E-state index is 14.3. The quantitative estimate of drug-likeness (QED) is 0.245. The third kappa shape index (κ3) is 8.03. The Kier molecular flexibility index (Phi) is 11.2. The van der Waals surface area contributed by atoms with Gasteiger partial charge in [0.15, 0.2) is 5.83 Å². The van der Waals surface area contributed by atoms with Gasteiger partial charge in [-0.25, -0.2) is 8.78 Å². The second-order valence-corrected chi connectivity index (χ2v) is 11.9. The van der Waals surface area contributed by atoms with Crippen molar-refractivity contribution in [2.24, 2.45) is 23.5 Å². The Labute approximate surface area is 242 Å². The summed E-state index contributed by atoms with van der Waals surface area (Å²) < 4.78 is 27.9. The molecule has 0 heterocycles. The van der Waals surface area contributed by atoms with Crippen LogP contribution >= 0.6 is 0 Å². The molecule has 1 aromatic rings. The van der Waals surface area contributed by atoms with Crippen LogP contribution in [-0.4, -0.2) is 40.0 Å². The van der Waals surface area contributed by atoms with E-state index in [2.05, 4.69) is 19.2 Å². The molecular formula is C32H45F2N3O4. The SMILES string of the molecule is CCCC(c1ccc(C(=O)NCCC(=O)O)cc1)N(C(=O)C(C)C1=CC(F)=C(F)CC1)C1(N)CCC(C(C)C)CC1. The summed E-state index contributed by atoms with van der Waals surface area (Å²) in [5, 5.41) is 11.4. The van der Waals surface area contributed by atoms with Crippen molar-refractivity contribution in [1.29, 1.82) is 0 Å². The number of carbonyl (C=O) groups is 3. The monoisotopic (exact) mass is 573 g/mol. The van der Waals surface area contributed by atoms with Gasteiger partial charge in [0, 0.05) is 18.5 Å². The Morgan fingerprint density at radius 2 is 1.73 bits per heavy atom. The number of allylic oxidation sites excluding steroid dienone is 3. The summed E-state index contributed by atoms with van der Waals surface area (Å²) in [5.74, 6) is -2.91. The van der Waals surface area contributed by atoms with Gasteiger partial charge in [-0.15, -0.1) is 0 Å². The van der Waals surface area contributed by atoms with Crippen molar-refractivity contribution in [1.82, 2.24) is 10.2 Å². The molecule has 226 valence electrons. The van der Waals surface area contributed by atoms with Gasteiger partial charge < -0.3 is 21.1 Å². The summed E-state index contributed by atoms with van der Waals surface area (Å²) in [4.78, 5) is 39.4. The van der Waals surface area contributed by atoms with E-state index in [1.54, 1.807) is 19.1 Å². The van der Waals surface area contributed by atoms with Crippen LogP contribution in [-0.2, 0) is 9.59 Å². The van der Waals surface area contributed by atoms with E-state index in [1.165, 1.54) is 0 Å². The van der Waals surface area contributed by atoms with Gasteiger partial charge in [0.2, 0.25) is 5.91 Å². The second kappa shape index (κ2) is 14.2. The molecule has 0 saturated heterocycles. The summed E-state index contributed by atoms with van der Waals surface area (Å²) >= 11 is 0. The first kappa shape index (κ1) is 32.4. The van der Waals surface area contributed by atoms with Gasteiger partial charge in [0.1, 0.15) is 5.83 Å². The third-order valence-corrected chi connectivity index (χ3v) is 8.74. The first-order valence-electron chi connectivity index (χ1n) is 14.8. The van der Waals surface area contributed by atoms with Crippen molar-refractivity contribution in [2.45, 2.75) is 97.2 Å². The summed E-state index contributed by atoms with van der Waals surface area (Å²) in [7, 11) is 0. The van der Waals surface area contributed by atoms with E-state index in [-0.39, 0.29) is 43.7 Å². The molecule has 2 atom stereocenters. The first-order chi connectivity index (χ1) is 19.4. The lowest BCUT2D eigenvalue weighted by Crippen LogP contribution is -2.62. The molecule has 0 spiro atoms. The van der Waals surface area contributed by atoms with E-state index in [0.717, 1.165) is 30.9 Å². The van der Waals surface area contributed by atoms with Crippen LogP contribution in [0.3, 0.4) is 0 Å². The van der Waals surface area contributed by atoms with Crippen LogP contribution in [0.15, 0.2) is 47.6 Å². The minimum atomic E-state index is -0.993. The number of nitrogens with two attached hydrogens (primary N) is 1. The lowest BCUT2D eigenvalue weighted by molar-refractivity contribution is -0.147. The molecule has 2 aliphatic carbocycles. The average molecular weight is 574 g/mol. The van der Waals surface area contributed by atoms with Gasteiger partial charge in [0.25, 0.3) is 5.91 Å². The highest BCUT2D eigenvalue weighted by Gasteiger charge is 2.45. The molecule has 7 nitrogen and oxygen atoms in total. The predicted octanol–water partition coefficient (Wildman–Crippen LogP) is 6.57. The minimum absolute atomic E-state index is 0.0249. The minimum Gasteiger partial charge on any atom is -0.481 e. The number of carbonyl (C=O) groups excluding carboxylic acids is 2. The Hall–Kier alpha value is -3.07. The number of aliphatic carboxylic acids is 1. The van der Waals surface area contributed by atoms with Crippen LogP contribution in [0.4, 0.5) is 8.78 Å². The number of hydrogen-bond donors (Lipinski definition) is 3. The lowest BCUT2D eigenvalue weighted by Gasteiger charge is -2.50. The highest BCUT2D eigenvalue weighted by molar-refractivity contribution is 5.94. The highest BCUT2D eigenvalue weighted by Crippen LogP contribution is 2.43. The topological polar surface area (TPSA) is 113 Å². The normalized spacial score (nSPS) is 22.6. The highest BCUT2D eigenvalue weighted by atomic mass is 19.2. The smallest absolute Gasteiger partial charge is 0.305 e. The zero-order valence-electron chi connectivity index (χ0n) is 24.7. The number of halogens is 2. The van der Waals surface area contributed by atoms with E-state index in [1.807, 2.05) is 24.0 Å². The van der Waals surface area contributed by atoms with Crippen LogP contribution in [0.2, 0.25) is 0 Å². The van der Waals surface area contributed by atoms with Crippen molar-refractivity contribution < 1.29 is 28.3 Å². The summed E-state index contributed by atoms with van der Waals surface area (Å²) in [6.45, 7) is 8.21. The van der Waals surface area contributed by atoms with Crippen LogP contribution in [0.5, 0.6) is 0 Å². The van der Waals surface area contributed by atoms with E-state index < -0.39 is 29.2 Å². The number of nitrogens with zero attached hydrogens (tertiary/aromatic N) is 1. The molecule has 41 heavy (non-hydrogen) atoms. The number of carboxylic acids is 1. The largest absolute Gasteiger partial charge is 0.481 e. The van der Waals surface area contributed by atoms with E-state index >= 15 is 0 Å². The van der Waals surface area contributed by atoms with Gasteiger partial charge in [-0.05, 0) is 81.1 Å². The molecule has 2 unspecified atom stereocenters. The molecule has 1 saturated carbocycles. The Morgan fingerprint density at radius 3 is 2.27 bits per heavy atom. The van der Waals surface area contributed by atoms with Gasteiger partial charge in [0.05, 0.1) is 24.0 Å². The predicted molar refractivity (Wildman–Crippen MR) is 155 cm³/mol. The molecule has 3 rings (SSSR count). The van der Waals surface area contributed by atoms with E-state index in [0.29, 0.717) is 42.2 Å². The Morgan fingerprint density at radius 1 is 1.10 bits per heavy atom. The number of carboxylic acid groups (broad SMARTS) is 1. The molecule has 2 amide bonds. The summed E-state index contributed by atoms with van der Waals surface area (Å²) in [5.41, 5.74) is 8.01. The van der Waals surface area contributed by atoms with Crippen molar-refractivity contribution in [3.05, 3.63) is 58.7 Å². The molecule has 1 aromatic carbocycles. The zero-order valence-corrected chi connectivity index (χ0v) is 24.7. The average Bonchev–Trinajstić information content (AvgIpc) is 2.93. The maximum atomic E-state index is 14.3. The summed E-state index contributed by atoms with van der Waals surface area (Å²) in [6, 6.07) is 6.61. The van der Waals surface area contributed by atoms with E-state index in [4.69, 9.17) is 10.8 Å². The number of amides is 2. The van der Waals surface area contributed by atoms with Crippen LogP contribution in [0, 0.1) is 17.8 Å². The third-order valence-electron chi connectivity index (χ3n) is 8.74. The molecule has 0 bridgehead atoms. The van der Waals surface area contributed by atoms with E-state index in [9.17, 15) is 23.2 Å². The molecule has 0 aliphatic heterocycles. The van der Waals surface area contributed by atoms with Gasteiger partial charge >= 0.3 is 5.97 Å². The van der Waals surface area contributed by atoms with Crippen molar-refractivity contribution >= 4 is 17.8 Å². The van der Waals surface area contributed by atoms with Crippen LogP contribution in [0.1, 0.15) is 107 Å². The van der Waals surface area contributed by atoms with Gasteiger partial charge in [-0.2, -0.15) is 0 Å². The van der Waals surface area contributed by atoms with Crippen molar-refractivity contribution in [3.63, 3.8) is 0 Å². The van der Waals surface area contributed by atoms with Gasteiger partial charge in [-0.3, -0.25) is 14.4 Å². The molecule has 0 radical (unpaired) electrons. The Balaban J connectivity index is 1.96. The number of benzene rings is 1. The molecule has 1 fully saturated rings. The van der Waals surface area contributed by atoms with Crippen molar-refractivity contribution in [3.8, 4) is 0 Å². The standard InChI is InChI=1S/C32H45F2N3O4/c1-5-6-28(23-7-9-24(10-8-23)30(40)36-18-15-29(38)39)37(32(35)16-13-22(14-17-32)20(2)3)31(41)21(4)25-11-12-26(33)27(34)19-25/h7-10,19-22,28H,5-6,11-18,35H2,1-4H3,(H,36,40)(H,38,39). The number of hydrogen-bond acceptors (Lipinski definition) is 4. The molecule has 0 aromatic heterocycles. The first-order valence-corrected chi connectivity index (χ1v) is 14.8. The summed E-state index contributed by atoms with van der Waals surface area (Å²) in [6.07, 6.45) is 5.68. The van der Waals surface area contributed by atoms with Crippen LogP contribution in [0.25, 0.3) is 0 Å². The number of nitrogens with one attached hydrogen (secondary N) is 1. The fourth-order valence-corrected chi connectivity index (χ4v) is 6.09. The fourth-order valence-electron chi connectivity index (χ4n) is 6.09. The van der Waals surface area contributed by atoms with Gasteiger partial charge in [-0.1, -0.05) is 44.9 Å². The van der Waals surface area contributed by atoms with Crippen LogP contribution < -0.4 is 11.1 Å². The lowest BCUT2D eigenvalue weighted by atomic mass is 9.75. The second-order valence-electron chi connectivity index (χ2n) is 11.9. The fraction of sp³-hybridized carbons (Fsp3) is 0.594. The molecule has 9 heteroatoms. The number of rotatable bonds is 12. The molecule has 2 aliphatic rings. The Bertz CT molecular complexity index is 1150. The van der Waals surface area contributed by atoms with Crippen molar-refractivity contribution in [2.75, 3.05) is 6.54 Å². The molecule has 4 N–H and O–H groups in total. The molecular weight excluding hydrogens is 528 g/mol.